The molecule has 19 heteroatoms. The zero-order chi connectivity index (χ0) is 61.8. The van der Waals surface area contributed by atoms with Crippen LogP contribution in [0.25, 0.3) is 0 Å². The van der Waals surface area contributed by atoms with Crippen LogP contribution in [0.4, 0.5) is 57.4 Å². The molecular weight excluding hydrogens is 1130 g/mol. The number of piperidine rings is 2. The van der Waals surface area contributed by atoms with Crippen molar-refractivity contribution in [3.8, 4) is 11.5 Å². The third kappa shape index (κ3) is 26.6. The number of para-hydroxylation sites is 2. The highest BCUT2D eigenvalue weighted by Gasteiger charge is 2.28. The lowest BCUT2D eigenvalue weighted by atomic mass is 9.82. The zero-order valence-electron chi connectivity index (χ0n) is 49.8. The second-order valence-electron chi connectivity index (χ2n) is 22.2. The maximum absolute atomic E-state index is 12.2. The van der Waals surface area contributed by atoms with Gasteiger partial charge in [-0.05, 0) is 199 Å². The van der Waals surface area contributed by atoms with E-state index in [1.807, 2.05) is 72.8 Å². The number of hydrogen-bond donors (Lipinski definition) is 5. The Hall–Kier alpha value is -7.90. The first-order valence-electron chi connectivity index (χ1n) is 29.6. The Balaban J connectivity index is 0.000000265. The summed E-state index contributed by atoms with van der Waals surface area (Å²) in [6.45, 7) is 7.62. The Labute approximate surface area is 519 Å². The molecule has 0 bridgehead atoms. The topological polar surface area (TPSA) is 226 Å². The maximum Gasteiger partial charge on any atom is 0.386 e. The number of aryl methyl sites for hydroxylation is 1. The van der Waals surface area contributed by atoms with Gasteiger partial charge in [0, 0.05) is 72.9 Å². The van der Waals surface area contributed by atoms with E-state index in [4.69, 9.17) is 57.1 Å². The summed E-state index contributed by atoms with van der Waals surface area (Å²) in [5, 5.41) is 0. The average molecular weight is 1230 g/mol. The van der Waals surface area contributed by atoms with Crippen molar-refractivity contribution in [2.75, 3.05) is 85.4 Å². The molecule has 6 aromatic rings. The van der Waals surface area contributed by atoms with Crippen LogP contribution in [-0.2, 0) is 18.9 Å². The summed E-state index contributed by atoms with van der Waals surface area (Å²) in [6, 6.07) is 46.0. The number of halogens is 4. The molecule has 0 aromatic heterocycles. The summed E-state index contributed by atoms with van der Waals surface area (Å²) in [5.74, 6) is 2.63. The first kappa shape index (κ1) is 72.6. The summed E-state index contributed by atoms with van der Waals surface area (Å²) in [4.78, 5) is 29.6. The minimum absolute atomic E-state index is 0. The lowest BCUT2D eigenvalue weighted by Gasteiger charge is -2.38. The molecule has 10 rings (SSSR count). The molecule has 2 heterocycles. The standard InChI is InChI=1S/C24H33N3.2C20H24N2O4.C2H3F3.CH3F.2CH4/c1-19-2-6-23(7-3-19)26-14-10-20(11-15-26)18-21-12-16-27(17-13-21)24-8-4-22(25)5-9-24;2*21-15-10-14(11-16(22)12-15)20(23)26-19-8-6-18(7-9-19)25-13-24-17-4-2-1-3-5-17;1-2(3,4)5;1-2;;/h2-9,20-21H,10-18,25H2,1H3;2*1-5,10-12,18-19H,6-9,13,21-22H2;1H3;1H3;2*1H4. The van der Waals surface area contributed by atoms with E-state index in [2.05, 4.69) is 53.1 Å². The molecule has 2 saturated heterocycles. The van der Waals surface area contributed by atoms with Gasteiger partial charge in [-0.3, -0.25) is 4.39 Å². The van der Waals surface area contributed by atoms with Crippen LogP contribution in [0.5, 0.6) is 11.5 Å². The number of nitrogen functional groups attached to an aromatic ring is 5. The number of anilines is 7. The van der Waals surface area contributed by atoms with E-state index in [0.717, 1.165) is 80.4 Å². The lowest BCUT2D eigenvalue weighted by molar-refractivity contribution is -0.110. The largest absolute Gasteiger partial charge is 0.468 e. The van der Waals surface area contributed by atoms with Gasteiger partial charge in [-0.25, -0.2) is 9.59 Å². The number of nitrogens with two attached hydrogens (primary N) is 5. The number of rotatable bonds is 16. The Bertz CT molecular complexity index is 2660. The van der Waals surface area contributed by atoms with Crippen molar-refractivity contribution in [3.63, 3.8) is 0 Å². The van der Waals surface area contributed by atoms with Crippen LogP contribution in [0, 0.1) is 18.8 Å². The first-order valence-corrected chi connectivity index (χ1v) is 29.6. The van der Waals surface area contributed by atoms with E-state index in [9.17, 15) is 27.2 Å². The Kier molecular flexibility index (Phi) is 31.1. The smallest absolute Gasteiger partial charge is 0.386 e. The van der Waals surface area contributed by atoms with Gasteiger partial charge in [-0.1, -0.05) is 68.9 Å². The van der Waals surface area contributed by atoms with E-state index in [1.165, 1.54) is 75.2 Å². The van der Waals surface area contributed by atoms with E-state index in [0.29, 0.717) is 41.1 Å². The van der Waals surface area contributed by atoms with Crippen LogP contribution in [0.1, 0.15) is 132 Å². The average Bonchev–Trinajstić information content (AvgIpc) is 3.67. The van der Waals surface area contributed by atoms with Gasteiger partial charge in [-0.2, -0.15) is 13.2 Å². The van der Waals surface area contributed by atoms with Crippen LogP contribution in [0.3, 0.4) is 0 Å². The molecule has 2 aliphatic heterocycles. The quantitative estimate of drug-likeness (QED) is 0.0263. The second kappa shape index (κ2) is 37.7. The van der Waals surface area contributed by atoms with Crippen molar-refractivity contribution in [2.45, 2.75) is 143 Å². The number of hydrogen-bond acceptors (Lipinski definition) is 15. The molecule has 0 spiro atoms. The molecule has 10 N–H and O–H groups in total. The fourth-order valence-corrected chi connectivity index (χ4v) is 10.9. The van der Waals surface area contributed by atoms with Crippen molar-refractivity contribution in [1.29, 1.82) is 0 Å². The molecule has 4 fully saturated rings. The molecule has 88 heavy (non-hydrogen) atoms. The van der Waals surface area contributed by atoms with Crippen LogP contribution < -0.4 is 47.9 Å². The minimum Gasteiger partial charge on any atom is -0.468 e. The van der Waals surface area contributed by atoms with Gasteiger partial charge in [0.15, 0.2) is 13.6 Å². The summed E-state index contributed by atoms with van der Waals surface area (Å²) < 4.78 is 74.3. The lowest BCUT2D eigenvalue weighted by Crippen LogP contribution is -2.37. The fourth-order valence-electron chi connectivity index (χ4n) is 10.9. The third-order valence-corrected chi connectivity index (χ3v) is 15.3. The van der Waals surface area contributed by atoms with Crippen molar-refractivity contribution >= 4 is 51.8 Å². The molecule has 4 aliphatic rings. The normalized spacial score (nSPS) is 18.4. The monoisotopic (exact) mass is 1230 g/mol. The van der Waals surface area contributed by atoms with Crippen LogP contribution in [-0.4, -0.2) is 89.5 Å². The van der Waals surface area contributed by atoms with E-state index in [-0.39, 0.29) is 71.7 Å². The highest BCUT2D eigenvalue weighted by molar-refractivity contribution is 5.92. The number of carbonyl (C=O) groups is 2. The van der Waals surface area contributed by atoms with Crippen molar-refractivity contribution in [3.05, 3.63) is 162 Å². The maximum atomic E-state index is 12.2. The van der Waals surface area contributed by atoms with Gasteiger partial charge in [0.25, 0.3) is 0 Å². The van der Waals surface area contributed by atoms with E-state index >= 15 is 0 Å². The van der Waals surface area contributed by atoms with Gasteiger partial charge < -0.3 is 66.9 Å². The molecule has 2 saturated carbocycles. The predicted molar refractivity (Wildman–Crippen MR) is 348 cm³/mol. The molecule has 0 unspecified atom stereocenters. The summed E-state index contributed by atoms with van der Waals surface area (Å²) in [6.07, 6.45) is 9.20. The molecule has 0 amide bonds. The van der Waals surface area contributed by atoms with Crippen molar-refractivity contribution in [1.82, 2.24) is 0 Å². The van der Waals surface area contributed by atoms with Gasteiger partial charge in [0.1, 0.15) is 23.7 Å². The van der Waals surface area contributed by atoms with E-state index < -0.39 is 6.18 Å². The number of esters is 2. The van der Waals surface area contributed by atoms with Gasteiger partial charge in [0.2, 0.25) is 0 Å². The number of carbonyl (C=O) groups excluding carboxylic acids is 2. The Morgan fingerprint density at radius 1 is 0.455 bits per heavy atom. The summed E-state index contributed by atoms with van der Waals surface area (Å²) >= 11 is 0. The van der Waals surface area contributed by atoms with Crippen LogP contribution in [0.2, 0.25) is 0 Å². The molecule has 15 nitrogen and oxygen atoms in total. The van der Waals surface area contributed by atoms with Gasteiger partial charge >= 0.3 is 18.1 Å². The van der Waals surface area contributed by atoms with Crippen LogP contribution in [0.15, 0.2) is 146 Å². The highest BCUT2D eigenvalue weighted by atomic mass is 19.4. The van der Waals surface area contributed by atoms with Crippen molar-refractivity contribution in [2.24, 2.45) is 11.8 Å². The number of nitrogens with zero attached hydrogens (tertiary/aromatic N) is 2. The molecular formula is C69H95F4N7O8. The summed E-state index contributed by atoms with van der Waals surface area (Å²) in [7, 11) is 0.500. The molecule has 482 valence electrons. The van der Waals surface area contributed by atoms with Gasteiger partial charge in [-0.15, -0.1) is 0 Å². The number of ether oxygens (including phenoxy) is 6. The fraction of sp³-hybridized carbons (Fsp3) is 0.449. The molecule has 6 aromatic carbocycles. The molecule has 0 atom stereocenters. The molecule has 2 aliphatic carbocycles. The number of benzene rings is 6. The summed E-state index contributed by atoms with van der Waals surface area (Å²) in [5.41, 5.74) is 36.2. The highest BCUT2D eigenvalue weighted by Crippen LogP contribution is 2.34. The van der Waals surface area contributed by atoms with Gasteiger partial charge in [0.05, 0.1) is 30.5 Å². The number of alkyl halides is 4. The van der Waals surface area contributed by atoms with Crippen LogP contribution >= 0.6 is 0 Å². The van der Waals surface area contributed by atoms with Crippen molar-refractivity contribution < 1.29 is 55.6 Å². The zero-order valence-corrected chi connectivity index (χ0v) is 49.8. The predicted octanol–water partition coefficient (Wildman–Crippen LogP) is 15.3. The molecule has 0 radical (unpaired) electrons. The Morgan fingerprint density at radius 2 is 0.761 bits per heavy atom. The SMILES string of the molecule is C.C.CC(F)(F)F.CF.Cc1ccc(N2CCC(CC3CCN(c4ccc(N)cc4)CC3)CC2)cc1.Nc1cc(N)cc(C(=O)OC2CCC(OCOc3ccccc3)CC2)c1.Nc1cc(N)cc(C(=O)OC2CCC(OCOc3ccccc3)CC2)c1. The minimum atomic E-state index is -4.00. The first-order chi connectivity index (χ1) is 41.4. The third-order valence-electron chi connectivity index (χ3n) is 15.3. The Morgan fingerprint density at radius 3 is 1.09 bits per heavy atom. The van der Waals surface area contributed by atoms with E-state index in [1.54, 1.807) is 36.4 Å². The second-order valence-corrected chi connectivity index (χ2v) is 22.2.